The molecule has 2 bridgehead atoms. The van der Waals surface area contributed by atoms with Gasteiger partial charge in [0.25, 0.3) is 0 Å². The second-order valence-electron chi connectivity index (χ2n) is 7.18. The van der Waals surface area contributed by atoms with E-state index in [-0.39, 0.29) is 35.9 Å². The Morgan fingerprint density at radius 2 is 1.80 bits per heavy atom. The average molecular weight is 337 g/mol. The summed E-state index contributed by atoms with van der Waals surface area (Å²) in [6, 6.07) is 8.12. The minimum Gasteiger partial charge on any atom is -0.373 e. The number of carbonyl (C=O) groups excluding carboxylic acids is 2. The van der Waals surface area contributed by atoms with Crippen molar-refractivity contribution in [3.05, 3.63) is 47.8 Å². The van der Waals surface area contributed by atoms with E-state index in [1.54, 1.807) is 17.1 Å². The van der Waals surface area contributed by atoms with Crippen LogP contribution in [0.4, 0.5) is 5.69 Å². The van der Waals surface area contributed by atoms with Crippen LogP contribution in [0.25, 0.3) is 0 Å². The topological polar surface area (TPSA) is 64.4 Å². The van der Waals surface area contributed by atoms with Crippen LogP contribution in [0.5, 0.6) is 0 Å². The minimum absolute atomic E-state index is 0.0848. The molecule has 3 fully saturated rings. The lowest BCUT2D eigenvalue weighted by molar-refractivity contribution is -0.124. The number of aryl methyl sites for hydroxylation is 1. The number of amides is 2. The standard InChI is InChI=1S/C19H19N3O3/c1-11-4-2-3-5-12(11)9-21-10-13(8-20-21)22-18(23)16-14-6-7-15(25-14)17(16)19(22)24/h2-5,8,10,14-17H,6-7,9H2,1H3/t14-,15-,16-,17+/m0/s1. The van der Waals surface area contributed by atoms with Crippen molar-refractivity contribution < 1.29 is 14.3 Å². The molecule has 0 radical (unpaired) electrons. The van der Waals surface area contributed by atoms with Gasteiger partial charge in [0.05, 0.1) is 42.5 Å². The third-order valence-electron chi connectivity index (χ3n) is 5.76. The van der Waals surface area contributed by atoms with Gasteiger partial charge in [-0.05, 0) is 30.9 Å². The van der Waals surface area contributed by atoms with E-state index in [1.807, 2.05) is 12.1 Å². The van der Waals surface area contributed by atoms with E-state index in [0.717, 1.165) is 12.8 Å². The van der Waals surface area contributed by atoms with E-state index in [2.05, 4.69) is 24.2 Å². The Balaban J connectivity index is 1.41. The van der Waals surface area contributed by atoms with Crippen LogP contribution in [-0.2, 0) is 20.9 Å². The van der Waals surface area contributed by atoms with E-state index >= 15 is 0 Å². The van der Waals surface area contributed by atoms with Crippen molar-refractivity contribution in [2.75, 3.05) is 4.90 Å². The van der Waals surface area contributed by atoms with Gasteiger partial charge in [0.1, 0.15) is 0 Å². The number of anilines is 1. The summed E-state index contributed by atoms with van der Waals surface area (Å²) in [7, 11) is 0. The van der Waals surface area contributed by atoms with Crippen LogP contribution >= 0.6 is 0 Å². The Morgan fingerprint density at radius 1 is 1.12 bits per heavy atom. The van der Waals surface area contributed by atoms with Gasteiger partial charge >= 0.3 is 0 Å². The van der Waals surface area contributed by atoms with Gasteiger partial charge in [0.2, 0.25) is 11.8 Å². The van der Waals surface area contributed by atoms with Crippen LogP contribution in [0, 0.1) is 18.8 Å². The lowest BCUT2D eigenvalue weighted by Gasteiger charge is -2.15. The zero-order valence-electron chi connectivity index (χ0n) is 14.0. The first kappa shape index (κ1) is 14.8. The number of imide groups is 1. The van der Waals surface area contributed by atoms with Crippen LogP contribution < -0.4 is 4.90 Å². The Bertz CT molecular complexity index is 846. The molecule has 3 aliphatic rings. The number of nitrogens with zero attached hydrogens (tertiary/aromatic N) is 3. The Morgan fingerprint density at radius 3 is 2.48 bits per heavy atom. The van der Waals surface area contributed by atoms with Gasteiger partial charge in [-0.3, -0.25) is 14.3 Å². The number of benzene rings is 1. The monoisotopic (exact) mass is 337 g/mol. The summed E-state index contributed by atoms with van der Waals surface area (Å²) in [5, 5.41) is 4.35. The number of ether oxygens (including phenoxy) is 1. The molecule has 1 aromatic heterocycles. The van der Waals surface area contributed by atoms with Crippen LogP contribution in [-0.4, -0.2) is 33.8 Å². The van der Waals surface area contributed by atoms with E-state index < -0.39 is 0 Å². The second kappa shape index (κ2) is 5.26. The maximum absolute atomic E-state index is 12.8. The van der Waals surface area contributed by atoms with Crippen molar-refractivity contribution >= 4 is 17.5 Å². The highest BCUT2D eigenvalue weighted by molar-refractivity contribution is 6.22. The van der Waals surface area contributed by atoms with Crippen LogP contribution in [0.1, 0.15) is 24.0 Å². The fourth-order valence-electron chi connectivity index (χ4n) is 4.48. The Labute approximate surface area is 145 Å². The van der Waals surface area contributed by atoms with E-state index in [1.165, 1.54) is 16.0 Å². The van der Waals surface area contributed by atoms with Gasteiger partial charge in [-0.15, -0.1) is 0 Å². The molecule has 6 nitrogen and oxygen atoms in total. The normalized spacial score (nSPS) is 30.4. The SMILES string of the molecule is Cc1ccccc1Cn1cc(N2C(=O)[C@@H]3[C@H](C2=O)[C@@H]2CC[C@@H]3O2)cn1. The Hall–Kier alpha value is -2.47. The summed E-state index contributed by atoms with van der Waals surface area (Å²) in [4.78, 5) is 26.9. The molecule has 0 N–H and O–H groups in total. The summed E-state index contributed by atoms with van der Waals surface area (Å²) in [5.74, 6) is -0.854. The molecule has 128 valence electrons. The van der Waals surface area contributed by atoms with Crippen molar-refractivity contribution in [1.29, 1.82) is 0 Å². The molecule has 0 unspecified atom stereocenters. The highest BCUT2D eigenvalue weighted by atomic mass is 16.5. The molecule has 4 heterocycles. The first-order chi connectivity index (χ1) is 12.1. The predicted octanol–water partition coefficient (Wildman–Crippen LogP) is 1.91. The van der Waals surface area contributed by atoms with E-state index in [0.29, 0.717) is 12.2 Å². The van der Waals surface area contributed by atoms with Crippen molar-refractivity contribution in [3.63, 3.8) is 0 Å². The number of hydrogen-bond donors (Lipinski definition) is 0. The maximum Gasteiger partial charge on any atom is 0.240 e. The second-order valence-corrected chi connectivity index (χ2v) is 7.18. The zero-order chi connectivity index (χ0) is 17.1. The van der Waals surface area contributed by atoms with Crippen LogP contribution in [0.2, 0.25) is 0 Å². The van der Waals surface area contributed by atoms with Crippen molar-refractivity contribution in [3.8, 4) is 0 Å². The molecule has 2 aromatic rings. The zero-order valence-corrected chi connectivity index (χ0v) is 14.0. The molecule has 3 aliphatic heterocycles. The highest BCUT2D eigenvalue weighted by Crippen LogP contribution is 2.49. The Kier molecular flexibility index (Phi) is 3.12. The lowest BCUT2D eigenvalue weighted by Crippen LogP contribution is -2.34. The molecule has 0 spiro atoms. The number of rotatable bonds is 3. The highest BCUT2D eigenvalue weighted by Gasteiger charge is 2.62. The fourth-order valence-corrected chi connectivity index (χ4v) is 4.48. The van der Waals surface area contributed by atoms with Crippen LogP contribution in [0.15, 0.2) is 36.7 Å². The molecule has 0 saturated carbocycles. The summed E-state index contributed by atoms with van der Waals surface area (Å²) in [6.45, 7) is 2.67. The van der Waals surface area contributed by atoms with Gasteiger partial charge < -0.3 is 4.74 Å². The third-order valence-corrected chi connectivity index (χ3v) is 5.76. The number of hydrogen-bond acceptors (Lipinski definition) is 4. The van der Waals surface area contributed by atoms with Crippen molar-refractivity contribution in [2.24, 2.45) is 11.8 Å². The van der Waals surface area contributed by atoms with E-state index in [4.69, 9.17) is 4.74 Å². The summed E-state index contributed by atoms with van der Waals surface area (Å²) >= 11 is 0. The van der Waals surface area contributed by atoms with Crippen LogP contribution in [0.3, 0.4) is 0 Å². The average Bonchev–Trinajstić information content (AvgIpc) is 3.35. The van der Waals surface area contributed by atoms with Crippen molar-refractivity contribution in [1.82, 2.24) is 9.78 Å². The first-order valence-electron chi connectivity index (χ1n) is 8.74. The van der Waals surface area contributed by atoms with Gasteiger partial charge in [0, 0.05) is 6.20 Å². The van der Waals surface area contributed by atoms with E-state index in [9.17, 15) is 9.59 Å². The minimum atomic E-state index is -0.300. The van der Waals surface area contributed by atoms with Gasteiger partial charge in [-0.1, -0.05) is 24.3 Å². The molecule has 1 aromatic carbocycles. The molecule has 25 heavy (non-hydrogen) atoms. The summed E-state index contributed by atoms with van der Waals surface area (Å²) < 4.78 is 7.55. The lowest BCUT2D eigenvalue weighted by atomic mass is 9.81. The van der Waals surface area contributed by atoms with Gasteiger partial charge in [-0.25, -0.2) is 4.90 Å². The molecule has 2 amide bonds. The first-order valence-corrected chi connectivity index (χ1v) is 8.74. The van der Waals surface area contributed by atoms with Gasteiger partial charge in [0.15, 0.2) is 0 Å². The summed E-state index contributed by atoms with van der Waals surface area (Å²) in [6.07, 6.45) is 4.98. The molecular formula is C19H19N3O3. The quantitative estimate of drug-likeness (QED) is 0.803. The number of fused-ring (bicyclic) bond motifs is 5. The number of carbonyl (C=O) groups is 2. The summed E-state index contributed by atoms with van der Waals surface area (Å²) in [5.41, 5.74) is 2.92. The number of aromatic nitrogens is 2. The molecule has 4 atom stereocenters. The largest absolute Gasteiger partial charge is 0.373 e. The fraction of sp³-hybridized carbons (Fsp3) is 0.421. The molecule has 0 aliphatic carbocycles. The molecule has 3 saturated heterocycles. The predicted molar refractivity (Wildman–Crippen MR) is 89.9 cm³/mol. The molecular weight excluding hydrogens is 318 g/mol. The maximum atomic E-state index is 12.8. The smallest absolute Gasteiger partial charge is 0.240 e. The molecule has 5 rings (SSSR count). The third kappa shape index (κ3) is 2.10. The van der Waals surface area contributed by atoms with Gasteiger partial charge in [-0.2, -0.15) is 5.10 Å². The molecule has 6 heteroatoms. The van der Waals surface area contributed by atoms with Crippen molar-refractivity contribution in [2.45, 2.75) is 38.5 Å².